The van der Waals surface area contributed by atoms with Crippen molar-refractivity contribution in [2.45, 2.75) is 51.5 Å². The standard InChI is InChI=1S/C23H23NO3S/c1-3-4-10-24-15(2)12-19-20(22(24)25)21-18-8-6-5-7-16(18)13-23(26-19,27-21)17-9-11-28-14-17/h5-9,11-12,14,21H,3-4,10,13H2,1-2H3/t21-,23-/m0/s1. The molecule has 0 spiro atoms. The number of nitrogens with zero attached hydrogens (tertiary/aromatic N) is 1. The Morgan fingerprint density at radius 3 is 2.93 bits per heavy atom. The maximum atomic E-state index is 13.4. The highest BCUT2D eigenvalue weighted by Crippen LogP contribution is 2.51. The van der Waals surface area contributed by atoms with Crippen molar-refractivity contribution in [3.63, 3.8) is 0 Å². The summed E-state index contributed by atoms with van der Waals surface area (Å²) in [4.78, 5) is 13.4. The van der Waals surface area contributed by atoms with Crippen LogP contribution in [0.25, 0.3) is 0 Å². The van der Waals surface area contributed by atoms with Crippen molar-refractivity contribution in [2.24, 2.45) is 0 Å². The molecule has 144 valence electrons. The first-order chi connectivity index (χ1) is 13.6. The number of aryl methyl sites for hydroxylation is 1. The zero-order valence-corrected chi connectivity index (χ0v) is 16.9. The van der Waals surface area contributed by atoms with Crippen molar-refractivity contribution in [3.8, 4) is 5.75 Å². The van der Waals surface area contributed by atoms with E-state index in [0.717, 1.165) is 36.2 Å². The van der Waals surface area contributed by atoms with E-state index < -0.39 is 11.9 Å². The summed E-state index contributed by atoms with van der Waals surface area (Å²) in [7, 11) is 0. The van der Waals surface area contributed by atoms with Gasteiger partial charge >= 0.3 is 0 Å². The van der Waals surface area contributed by atoms with Crippen LogP contribution in [0.15, 0.2) is 52.0 Å². The smallest absolute Gasteiger partial charge is 0.260 e. The summed E-state index contributed by atoms with van der Waals surface area (Å²) >= 11 is 1.63. The van der Waals surface area contributed by atoms with E-state index in [-0.39, 0.29) is 5.56 Å². The molecule has 0 amide bonds. The number of benzene rings is 1. The molecule has 2 bridgehead atoms. The third-order valence-electron chi connectivity index (χ3n) is 5.81. The number of pyridine rings is 1. The molecule has 0 unspecified atom stereocenters. The lowest BCUT2D eigenvalue weighted by atomic mass is 9.85. The summed E-state index contributed by atoms with van der Waals surface area (Å²) in [5.74, 6) is -0.215. The van der Waals surface area contributed by atoms with Gasteiger partial charge in [0.1, 0.15) is 11.9 Å². The average Bonchev–Trinajstić information content (AvgIpc) is 3.23. The second-order valence-corrected chi connectivity index (χ2v) is 8.39. The first-order valence-corrected chi connectivity index (χ1v) is 10.8. The van der Waals surface area contributed by atoms with E-state index in [1.54, 1.807) is 11.3 Å². The van der Waals surface area contributed by atoms with Crippen LogP contribution >= 0.6 is 11.3 Å². The Balaban J connectivity index is 1.74. The zero-order valence-electron chi connectivity index (χ0n) is 16.1. The van der Waals surface area contributed by atoms with Gasteiger partial charge in [0.05, 0.1) is 5.56 Å². The number of fused-ring (bicyclic) bond motifs is 6. The van der Waals surface area contributed by atoms with Crippen molar-refractivity contribution >= 4 is 11.3 Å². The number of hydrogen-bond acceptors (Lipinski definition) is 4. The number of rotatable bonds is 4. The lowest BCUT2D eigenvalue weighted by Gasteiger charge is -2.46. The Kier molecular flexibility index (Phi) is 4.18. The minimum Gasteiger partial charge on any atom is -0.457 e. The van der Waals surface area contributed by atoms with Crippen LogP contribution in [0.1, 0.15) is 53.8 Å². The first-order valence-electron chi connectivity index (χ1n) is 9.84. The van der Waals surface area contributed by atoms with Gasteiger partial charge in [-0.15, -0.1) is 0 Å². The van der Waals surface area contributed by atoms with Gasteiger partial charge in [-0.25, -0.2) is 0 Å². The van der Waals surface area contributed by atoms with Crippen molar-refractivity contribution < 1.29 is 9.47 Å². The van der Waals surface area contributed by atoms with Crippen molar-refractivity contribution in [2.75, 3.05) is 0 Å². The summed E-state index contributed by atoms with van der Waals surface area (Å²) in [5, 5.41) is 4.11. The highest BCUT2D eigenvalue weighted by molar-refractivity contribution is 7.08. The molecule has 0 saturated carbocycles. The molecule has 3 aromatic rings. The van der Waals surface area contributed by atoms with E-state index >= 15 is 0 Å². The minimum atomic E-state index is -0.875. The van der Waals surface area contributed by atoms with Crippen LogP contribution in [0.2, 0.25) is 0 Å². The molecule has 2 aliphatic rings. The van der Waals surface area contributed by atoms with Gasteiger partial charge in [-0.05, 0) is 35.9 Å². The zero-order chi connectivity index (χ0) is 19.3. The quantitative estimate of drug-likeness (QED) is 0.631. The Hall–Kier alpha value is -2.37. The van der Waals surface area contributed by atoms with Crippen molar-refractivity contribution in [1.29, 1.82) is 0 Å². The van der Waals surface area contributed by atoms with Gasteiger partial charge in [-0.2, -0.15) is 11.3 Å². The molecule has 5 rings (SSSR count). The number of hydrogen-bond donors (Lipinski definition) is 0. The van der Waals surface area contributed by atoms with Crippen molar-refractivity contribution in [3.05, 3.63) is 85.5 Å². The highest BCUT2D eigenvalue weighted by Gasteiger charge is 2.50. The third-order valence-corrected chi connectivity index (χ3v) is 6.49. The van der Waals surface area contributed by atoms with Gasteiger partial charge < -0.3 is 14.0 Å². The normalized spacial score (nSPS) is 22.3. The van der Waals surface area contributed by atoms with E-state index in [1.807, 2.05) is 35.1 Å². The molecule has 5 heteroatoms. The summed E-state index contributed by atoms with van der Waals surface area (Å²) in [6.45, 7) is 4.84. The van der Waals surface area contributed by atoms with Gasteiger partial charge in [0.2, 0.25) is 5.79 Å². The van der Waals surface area contributed by atoms with Crippen LogP contribution in [0, 0.1) is 6.92 Å². The summed E-state index contributed by atoms with van der Waals surface area (Å²) in [5.41, 5.74) is 4.82. The second-order valence-electron chi connectivity index (χ2n) is 7.61. The molecular weight excluding hydrogens is 370 g/mol. The molecule has 4 heterocycles. The molecular formula is C23H23NO3S. The molecule has 0 saturated heterocycles. The Bertz CT molecular complexity index is 1090. The predicted molar refractivity (Wildman–Crippen MR) is 110 cm³/mol. The van der Waals surface area contributed by atoms with E-state index in [0.29, 0.717) is 17.7 Å². The maximum absolute atomic E-state index is 13.4. The second kappa shape index (κ2) is 6.61. The van der Waals surface area contributed by atoms with Crippen LogP contribution in [-0.4, -0.2) is 4.57 Å². The van der Waals surface area contributed by atoms with Crippen LogP contribution < -0.4 is 10.3 Å². The molecule has 4 nitrogen and oxygen atoms in total. The van der Waals surface area contributed by atoms with Gasteiger partial charge in [0.25, 0.3) is 5.56 Å². The lowest BCUT2D eigenvalue weighted by Crippen LogP contribution is -2.48. The Morgan fingerprint density at radius 2 is 2.14 bits per heavy atom. The predicted octanol–water partition coefficient (Wildman–Crippen LogP) is 4.93. The van der Waals surface area contributed by atoms with Gasteiger partial charge in [-0.1, -0.05) is 37.6 Å². The fourth-order valence-electron chi connectivity index (χ4n) is 4.34. The molecule has 0 radical (unpaired) electrons. The van der Waals surface area contributed by atoms with Crippen LogP contribution in [0.3, 0.4) is 0 Å². The Morgan fingerprint density at radius 1 is 1.29 bits per heavy atom. The molecule has 0 fully saturated rings. The van der Waals surface area contributed by atoms with Crippen LogP contribution in [0.5, 0.6) is 5.75 Å². The molecule has 2 aromatic heterocycles. The molecule has 2 aliphatic heterocycles. The summed E-state index contributed by atoms with van der Waals surface area (Å²) in [6, 6.07) is 12.3. The number of thiophene rings is 1. The topological polar surface area (TPSA) is 40.5 Å². The minimum absolute atomic E-state index is 0.00377. The van der Waals surface area contributed by atoms with E-state index in [9.17, 15) is 4.79 Å². The van der Waals surface area contributed by atoms with E-state index in [4.69, 9.17) is 9.47 Å². The van der Waals surface area contributed by atoms with Crippen molar-refractivity contribution in [1.82, 2.24) is 4.57 Å². The number of aromatic nitrogens is 1. The number of unbranched alkanes of at least 4 members (excludes halogenated alkanes) is 1. The summed E-state index contributed by atoms with van der Waals surface area (Å²) in [6.07, 6.45) is 2.24. The highest BCUT2D eigenvalue weighted by atomic mass is 32.1. The fourth-order valence-corrected chi connectivity index (χ4v) is 5.04. The molecule has 0 aliphatic carbocycles. The average molecular weight is 394 g/mol. The van der Waals surface area contributed by atoms with E-state index in [1.165, 1.54) is 5.56 Å². The van der Waals surface area contributed by atoms with Crippen LogP contribution in [-0.2, 0) is 23.5 Å². The van der Waals surface area contributed by atoms with Crippen LogP contribution in [0.4, 0.5) is 0 Å². The Labute approximate surface area is 168 Å². The largest absolute Gasteiger partial charge is 0.457 e. The van der Waals surface area contributed by atoms with Gasteiger partial charge in [0, 0.05) is 35.7 Å². The first kappa shape index (κ1) is 17.7. The third kappa shape index (κ3) is 2.57. The van der Waals surface area contributed by atoms with E-state index in [2.05, 4.69) is 30.5 Å². The molecule has 1 aromatic carbocycles. The summed E-state index contributed by atoms with van der Waals surface area (Å²) < 4.78 is 14.9. The van der Waals surface area contributed by atoms with Gasteiger partial charge in [-0.3, -0.25) is 4.79 Å². The number of ether oxygens (including phenoxy) is 2. The maximum Gasteiger partial charge on any atom is 0.260 e. The van der Waals surface area contributed by atoms with Gasteiger partial charge in [0.15, 0.2) is 0 Å². The monoisotopic (exact) mass is 393 g/mol. The molecule has 0 N–H and O–H groups in total. The molecule has 2 atom stereocenters. The fraction of sp³-hybridized carbons (Fsp3) is 0.348. The lowest BCUT2D eigenvalue weighted by molar-refractivity contribution is -0.237. The SMILES string of the molecule is CCCCn1c(C)cc2c(c1=O)[C@H]1O[C@](c3ccsc3)(Cc3ccccc31)O2. The molecule has 28 heavy (non-hydrogen) atoms.